The summed E-state index contributed by atoms with van der Waals surface area (Å²) in [7, 11) is 0. The van der Waals surface area contributed by atoms with E-state index in [9.17, 15) is 9.18 Å². The SMILES string of the molecule is O=C(CNc1ccccc1)N/N=C/c1cccc(F)c1. The Bertz CT molecular complexity index is 599. The van der Waals surface area contributed by atoms with Gasteiger partial charge in [0.15, 0.2) is 0 Å². The van der Waals surface area contributed by atoms with Gasteiger partial charge in [-0.1, -0.05) is 30.3 Å². The van der Waals surface area contributed by atoms with Crippen molar-refractivity contribution in [3.63, 3.8) is 0 Å². The molecule has 0 heterocycles. The van der Waals surface area contributed by atoms with Crippen LogP contribution in [0.15, 0.2) is 59.7 Å². The van der Waals surface area contributed by atoms with Crippen molar-refractivity contribution >= 4 is 17.8 Å². The van der Waals surface area contributed by atoms with E-state index in [2.05, 4.69) is 15.8 Å². The van der Waals surface area contributed by atoms with E-state index in [1.54, 1.807) is 12.1 Å². The Morgan fingerprint density at radius 2 is 1.95 bits per heavy atom. The number of carbonyl (C=O) groups excluding carboxylic acids is 1. The summed E-state index contributed by atoms with van der Waals surface area (Å²) in [5.74, 6) is -0.618. The van der Waals surface area contributed by atoms with E-state index in [4.69, 9.17) is 0 Å². The molecule has 0 bridgehead atoms. The summed E-state index contributed by atoms with van der Waals surface area (Å²) in [5.41, 5.74) is 3.81. The standard InChI is InChI=1S/C15H14FN3O/c16-13-6-4-5-12(9-13)10-18-19-15(20)11-17-14-7-2-1-3-8-14/h1-10,17H,11H2,(H,19,20)/b18-10+. The third-order valence-corrected chi connectivity index (χ3v) is 2.48. The molecule has 0 saturated heterocycles. The van der Waals surface area contributed by atoms with Gasteiger partial charge in [-0.15, -0.1) is 0 Å². The van der Waals surface area contributed by atoms with Gasteiger partial charge in [0, 0.05) is 5.69 Å². The van der Waals surface area contributed by atoms with Crippen LogP contribution in [0.25, 0.3) is 0 Å². The zero-order valence-electron chi connectivity index (χ0n) is 10.7. The van der Waals surface area contributed by atoms with E-state index in [1.165, 1.54) is 18.3 Å². The molecule has 2 rings (SSSR count). The normalized spacial score (nSPS) is 10.4. The molecule has 1 amide bonds. The van der Waals surface area contributed by atoms with Crippen LogP contribution in [0.4, 0.5) is 10.1 Å². The average molecular weight is 271 g/mol. The molecule has 0 aliphatic heterocycles. The van der Waals surface area contributed by atoms with Crippen LogP contribution in [0.2, 0.25) is 0 Å². The number of nitrogens with zero attached hydrogens (tertiary/aromatic N) is 1. The molecule has 0 radical (unpaired) electrons. The molecule has 0 spiro atoms. The second kappa shape index (κ2) is 7.04. The molecule has 0 aliphatic carbocycles. The van der Waals surface area contributed by atoms with Gasteiger partial charge < -0.3 is 5.32 Å². The van der Waals surface area contributed by atoms with Crippen molar-refractivity contribution < 1.29 is 9.18 Å². The highest BCUT2D eigenvalue weighted by atomic mass is 19.1. The lowest BCUT2D eigenvalue weighted by Crippen LogP contribution is -2.25. The zero-order valence-corrected chi connectivity index (χ0v) is 10.7. The minimum absolute atomic E-state index is 0.116. The van der Waals surface area contributed by atoms with Gasteiger partial charge in [0.25, 0.3) is 5.91 Å². The maximum Gasteiger partial charge on any atom is 0.259 e. The lowest BCUT2D eigenvalue weighted by atomic mass is 10.2. The van der Waals surface area contributed by atoms with E-state index in [1.807, 2.05) is 30.3 Å². The Kier molecular flexibility index (Phi) is 4.83. The van der Waals surface area contributed by atoms with Crippen molar-refractivity contribution in [3.8, 4) is 0 Å². The molecular formula is C15H14FN3O. The van der Waals surface area contributed by atoms with Crippen molar-refractivity contribution in [2.24, 2.45) is 5.10 Å². The quantitative estimate of drug-likeness (QED) is 0.648. The Balaban J connectivity index is 1.78. The molecule has 0 unspecified atom stereocenters. The molecule has 0 atom stereocenters. The van der Waals surface area contributed by atoms with Crippen LogP contribution >= 0.6 is 0 Å². The highest BCUT2D eigenvalue weighted by molar-refractivity contribution is 5.84. The maximum absolute atomic E-state index is 12.9. The van der Waals surface area contributed by atoms with Crippen LogP contribution in [0, 0.1) is 5.82 Å². The van der Waals surface area contributed by atoms with Gasteiger partial charge in [0.1, 0.15) is 5.82 Å². The second-order valence-electron chi connectivity index (χ2n) is 4.07. The Labute approximate surface area is 116 Å². The molecule has 4 nitrogen and oxygen atoms in total. The Morgan fingerprint density at radius 1 is 1.15 bits per heavy atom. The maximum atomic E-state index is 12.9. The number of hydrogen-bond donors (Lipinski definition) is 2. The number of anilines is 1. The Hall–Kier alpha value is -2.69. The molecule has 2 aromatic carbocycles. The fourth-order valence-electron chi connectivity index (χ4n) is 1.54. The third-order valence-electron chi connectivity index (χ3n) is 2.48. The van der Waals surface area contributed by atoms with Crippen molar-refractivity contribution in [1.82, 2.24) is 5.43 Å². The van der Waals surface area contributed by atoms with Crippen LogP contribution in [-0.2, 0) is 4.79 Å². The van der Waals surface area contributed by atoms with Crippen LogP contribution in [-0.4, -0.2) is 18.7 Å². The molecule has 0 fully saturated rings. The number of nitrogens with one attached hydrogen (secondary N) is 2. The number of amides is 1. The zero-order chi connectivity index (χ0) is 14.2. The number of rotatable bonds is 5. The molecular weight excluding hydrogens is 257 g/mol. The molecule has 20 heavy (non-hydrogen) atoms. The van der Waals surface area contributed by atoms with Crippen molar-refractivity contribution in [2.75, 3.05) is 11.9 Å². The van der Waals surface area contributed by atoms with Crippen LogP contribution in [0.1, 0.15) is 5.56 Å². The fraction of sp³-hybridized carbons (Fsp3) is 0.0667. The van der Waals surface area contributed by atoms with Gasteiger partial charge in [-0.3, -0.25) is 4.79 Å². The summed E-state index contributed by atoms with van der Waals surface area (Å²) in [4.78, 5) is 11.5. The number of benzene rings is 2. The molecule has 2 aromatic rings. The number of hydrogen-bond acceptors (Lipinski definition) is 3. The molecule has 102 valence electrons. The summed E-state index contributed by atoms with van der Waals surface area (Å²) in [6.07, 6.45) is 1.39. The van der Waals surface area contributed by atoms with Gasteiger partial charge >= 0.3 is 0 Å². The van der Waals surface area contributed by atoms with Crippen molar-refractivity contribution in [1.29, 1.82) is 0 Å². The average Bonchev–Trinajstić information content (AvgIpc) is 2.46. The fourth-order valence-corrected chi connectivity index (χ4v) is 1.54. The molecule has 5 heteroatoms. The lowest BCUT2D eigenvalue weighted by Gasteiger charge is -2.04. The number of halogens is 1. The van der Waals surface area contributed by atoms with Crippen molar-refractivity contribution in [3.05, 3.63) is 66.0 Å². The highest BCUT2D eigenvalue weighted by Gasteiger charge is 1.98. The predicted molar refractivity (Wildman–Crippen MR) is 77.1 cm³/mol. The lowest BCUT2D eigenvalue weighted by molar-refractivity contribution is -0.119. The largest absolute Gasteiger partial charge is 0.376 e. The first-order chi connectivity index (χ1) is 9.74. The number of para-hydroxylation sites is 1. The summed E-state index contributed by atoms with van der Waals surface area (Å²) in [5, 5.41) is 6.72. The van der Waals surface area contributed by atoms with Gasteiger partial charge in [0.2, 0.25) is 0 Å². The smallest absolute Gasteiger partial charge is 0.259 e. The highest BCUT2D eigenvalue weighted by Crippen LogP contribution is 2.03. The van der Waals surface area contributed by atoms with E-state index in [0.29, 0.717) is 5.56 Å². The van der Waals surface area contributed by atoms with Crippen LogP contribution in [0.5, 0.6) is 0 Å². The molecule has 2 N–H and O–H groups in total. The topological polar surface area (TPSA) is 53.5 Å². The first-order valence-electron chi connectivity index (χ1n) is 6.10. The van der Waals surface area contributed by atoms with Gasteiger partial charge in [0.05, 0.1) is 12.8 Å². The number of hydrazone groups is 1. The summed E-state index contributed by atoms with van der Waals surface area (Å²) in [6.45, 7) is 0.116. The predicted octanol–water partition coefficient (Wildman–Crippen LogP) is 2.39. The number of carbonyl (C=O) groups is 1. The molecule has 0 aromatic heterocycles. The van der Waals surface area contributed by atoms with Gasteiger partial charge in [-0.25, -0.2) is 9.82 Å². The van der Waals surface area contributed by atoms with E-state index < -0.39 is 0 Å². The first kappa shape index (κ1) is 13.7. The first-order valence-corrected chi connectivity index (χ1v) is 6.10. The minimum atomic E-state index is -0.342. The van der Waals surface area contributed by atoms with E-state index >= 15 is 0 Å². The van der Waals surface area contributed by atoms with Crippen LogP contribution in [0.3, 0.4) is 0 Å². The van der Waals surface area contributed by atoms with Crippen molar-refractivity contribution in [2.45, 2.75) is 0 Å². The minimum Gasteiger partial charge on any atom is -0.376 e. The van der Waals surface area contributed by atoms with E-state index in [-0.39, 0.29) is 18.3 Å². The summed E-state index contributed by atoms with van der Waals surface area (Å²) in [6, 6.07) is 15.3. The molecule has 0 saturated carbocycles. The monoisotopic (exact) mass is 271 g/mol. The van der Waals surface area contributed by atoms with Gasteiger partial charge in [-0.2, -0.15) is 5.10 Å². The van der Waals surface area contributed by atoms with Crippen LogP contribution < -0.4 is 10.7 Å². The summed E-state index contributed by atoms with van der Waals surface area (Å²) >= 11 is 0. The van der Waals surface area contributed by atoms with Gasteiger partial charge in [-0.05, 0) is 29.8 Å². The third kappa shape index (κ3) is 4.53. The Morgan fingerprint density at radius 3 is 2.70 bits per heavy atom. The molecule has 0 aliphatic rings. The van der Waals surface area contributed by atoms with E-state index in [0.717, 1.165) is 5.69 Å². The summed E-state index contributed by atoms with van der Waals surface area (Å²) < 4.78 is 12.9. The second-order valence-corrected chi connectivity index (χ2v) is 4.07.